The number of carbonyl (C=O) groups is 3. The Morgan fingerprint density at radius 1 is 0.865 bits per heavy atom. The highest BCUT2D eigenvalue weighted by Crippen LogP contribution is 2.31. The number of nitrogens with one attached hydrogen (secondary N) is 2. The number of imide groups is 1. The van der Waals surface area contributed by atoms with E-state index < -0.39 is 11.8 Å². The van der Waals surface area contributed by atoms with Gasteiger partial charge in [-0.15, -0.1) is 0 Å². The van der Waals surface area contributed by atoms with Crippen LogP contribution >= 0.6 is 11.6 Å². The van der Waals surface area contributed by atoms with Crippen molar-refractivity contribution in [3.63, 3.8) is 0 Å². The molecule has 1 aliphatic heterocycles. The predicted molar refractivity (Wildman–Crippen MR) is 143 cm³/mol. The van der Waals surface area contributed by atoms with E-state index in [1.54, 1.807) is 60.7 Å². The van der Waals surface area contributed by atoms with Gasteiger partial charge in [0.05, 0.1) is 31.0 Å². The van der Waals surface area contributed by atoms with Crippen LogP contribution in [0.5, 0.6) is 11.5 Å². The Labute approximate surface area is 219 Å². The molecule has 3 amide bonds. The van der Waals surface area contributed by atoms with Gasteiger partial charge in [0.15, 0.2) is 0 Å². The first kappa shape index (κ1) is 25.8. The Balaban J connectivity index is 1.40. The van der Waals surface area contributed by atoms with Gasteiger partial charge in [-0.05, 0) is 67.9 Å². The van der Waals surface area contributed by atoms with Crippen molar-refractivity contribution < 1.29 is 23.9 Å². The van der Waals surface area contributed by atoms with Crippen molar-refractivity contribution in [2.75, 3.05) is 28.7 Å². The van der Waals surface area contributed by atoms with Gasteiger partial charge in [-0.1, -0.05) is 35.9 Å². The summed E-state index contributed by atoms with van der Waals surface area (Å²) in [6.45, 7) is 4.75. The van der Waals surface area contributed by atoms with Gasteiger partial charge in [0.2, 0.25) is 5.91 Å². The van der Waals surface area contributed by atoms with Crippen molar-refractivity contribution in [1.29, 1.82) is 0 Å². The summed E-state index contributed by atoms with van der Waals surface area (Å²) in [5.41, 5.74) is 2.30. The first-order chi connectivity index (χ1) is 17.9. The van der Waals surface area contributed by atoms with Gasteiger partial charge in [0, 0.05) is 5.69 Å². The van der Waals surface area contributed by atoms with E-state index in [-0.39, 0.29) is 23.1 Å². The summed E-state index contributed by atoms with van der Waals surface area (Å²) in [6, 6.07) is 20.8. The average Bonchev–Trinajstić information content (AvgIpc) is 3.10. The Bertz CT molecular complexity index is 1340. The van der Waals surface area contributed by atoms with Crippen LogP contribution in [0.1, 0.15) is 19.4 Å². The van der Waals surface area contributed by atoms with Gasteiger partial charge in [0.25, 0.3) is 11.8 Å². The maximum Gasteiger partial charge on any atom is 0.283 e. The minimum Gasteiger partial charge on any atom is -0.494 e. The molecular weight excluding hydrogens is 494 g/mol. The average molecular weight is 520 g/mol. The first-order valence-electron chi connectivity index (χ1n) is 11.8. The maximum atomic E-state index is 13.0. The van der Waals surface area contributed by atoms with E-state index in [0.717, 1.165) is 10.5 Å². The zero-order valence-electron chi connectivity index (χ0n) is 20.4. The lowest BCUT2D eigenvalue weighted by atomic mass is 10.1. The number of ether oxygens (including phenoxy) is 2. The summed E-state index contributed by atoms with van der Waals surface area (Å²) in [5, 5.41) is 5.60. The molecule has 0 radical (unpaired) electrons. The largest absolute Gasteiger partial charge is 0.494 e. The molecule has 0 fully saturated rings. The van der Waals surface area contributed by atoms with E-state index in [0.29, 0.717) is 41.8 Å². The fourth-order valence-electron chi connectivity index (χ4n) is 3.79. The molecule has 8 nitrogen and oxygen atoms in total. The molecule has 1 heterocycles. The lowest BCUT2D eigenvalue weighted by Crippen LogP contribution is -2.32. The maximum absolute atomic E-state index is 13.0. The zero-order chi connectivity index (χ0) is 26.4. The van der Waals surface area contributed by atoms with Gasteiger partial charge in [-0.3, -0.25) is 14.4 Å². The summed E-state index contributed by atoms with van der Waals surface area (Å²) in [4.78, 5) is 39.3. The number of rotatable bonds is 10. The van der Waals surface area contributed by atoms with Crippen LogP contribution in [-0.2, 0) is 20.8 Å². The van der Waals surface area contributed by atoms with Crippen LogP contribution in [0.25, 0.3) is 0 Å². The molecule has 0 unspecified atom stereocenters. The molecule has 37 heavy (non-hydrogen) atoms. The molecule has 0 spiro atoms. The molecule has 0 saturated heterocycles. The van der Waals surface area contributed by atoms with Gasteiger partial charge in [-0.25, -0.2) is 4.90 Å². The fraction of sp³-hybridized carbons (Fsp3) is 0.179. The van der Waals surface area contributed by atoms with E-state index in [2.05, 4.69) is 10.6 Å². The quantitative estimate of drug-likeness (QED) is 0.362. The van der Waals surface area contributed by atoms with Crippen molar-refractivity contribution in [3.05, 3.63) is 89.1 Å². The normalized spacial score (nSPS) is 13.1. The van der Waals surface area contributed by atoms with E-state index in [1.807, 2.05) is 26.0 Å². The Morgan fingerprint density at radius 2 is 1.54 bits per heavy atom. The third-order valence-corrected chi connectivity index (χ3v) is 5.83. The summed E-state index contributed by atoms with van der Waals surface area (Å²) in [6.07, 6.45) is 0.146. The van der Waals surface area contributed by atoms with Gasteiger partial charge < -0.3 is 20.1 Å². The molecule has 9 heteroatoms. The fourth-order valence-corrected chi connectivity index (χ4v) is 4.00. The van der Waals surface area contributed by atoms with Crippen LogP contribution in [0.2, 0.25) is 0 Å². The van der Waals surface area contributed by atoms with Crippen LogP contribution in [0, 0.1) is 0 Å². The molecule has 0 bridgehead atoms. The SMILES string of the molecule is CCOc1ccc(N2C(=O)C(Cl)=C(Nc3ccc(CC(=O)Nc4ccccc4OCC)cc3)C2=O)cc1. The zero-order valence-corrected chi connectivity index (χ0v) is 21.2. The van der Waals surface area contributed by atoms with Crippen molar-refractivity contribution in [2.24, 2.45) is 0 Å². The molecule has 1 aliphatic rings. The van der Waals surface area contributed by atoms with Crippen molar-refractivity contribution >= 4 is 46.4 Å². The lowest BCUT2D eigenvalue weighted by molar-refractivity contribution is -0.120. The van der Waals surface area contributed by atoms with E-state index in [9.17, 15) is 14.4 Å². The Hall–Kier alpha value is -4.30. The first-order valence-corrected chi connectivity index (χ1v) is 12.2. The number of hydrogen-bond donors (Lipinski definition) is 2. The Kier molecular flexibility index (Phi) is 8.10. The number of amides is 3. The molecule has 3 aromatic carbocycles. The third-order valence-electron chi connectivity index (χ3n) is 5.48. The molecule has 0 atom stereocenters. The third kappa shape index (κ3) is 5.92. The molecule has 0 saturated carbocycles. The predicted octanol–water partition coefficient (Wildman–Crippen LogP) is 5.10. The second kappa shape index (κ2) is 11.6. The van der Waals surface area contributed by atoms with Gasteiger partial charge >= 0.3 is 0 Å². The lowest BCUT2D eigenvalue weighted by Gasteiger charge is -2.15. The number of benzene rings is 3. The number of anilines is 3. The minimum atomic E-state index is -0.612. The summed E-state index contributed by atoms with van der Waals surface area (Å²) in [5.74, 6) is -0.121. The molecule has 4 rings (SSSR count). The molecular formula is C28H26ClN3O5. The van der Waals surface area contributed by atoms with Crippen LogP contribution in [0.3, 0.4) is 0 Å². The number of carbonyl (C=O) groups excluding carboxylic acids is 3. The van der Waals surface area contributed by atoms with Gasteiger partial charge in [-0.2, -0.15) is 0 Å². The van der Waals surface area contributed by atoms with Crippen molar-refractivity contribution in [1.82, 2.24) is 0 Å². The van der Waals surface area contributed by atoms with E-state index in [4.69, 9.17) is 21.1 Å². The van der Waals surface area contributed by atoms with Crippen LogP contribution in [0.4, 0.5) is 17.1 Å². The number of para-hydroxylation sites is 2. The number of nitrogens with zero attached hydrogens (tertiary/aromatic N) is 1. The highest BCUT2D eigenvalue weighted by Gasteiger charge is 2.39. The Morgan fingerprint density at radius 3 is 2.22 bits per heavy atom. The standard InChI is InChI=1S/C28H26ClN3O5/c1-3-36-21-15-13-20(14-16-21)32-27(34)25(29)26(28(32)35)30-19-11-9-18(10-12-19)17-24(33)31-22-7-5-6-8-23(22)37-4-2/h5-16,30H,3-4,17H2,1-2H3,(H,31,33). The van der Waals surface area contributed by atoms with Crippen molar-refractivity contribution in [3.8, 4) is 11.5 Å². The molecule has 2 N–H and O–H groups in total. The van der Waals surface area contributed by atoms with Crippen LogP contribution < -0.4 is 25.0 Å². The number of hydrogen-bond acceptors (Lipinski definition) is 6. The molecule has 190 valence electrons. The van der Waals surface area contributed by atoms with E-state index in [1.165, 1.54) is 0 Å². The van der Waals surface area contributed by atoms with Crippen LogP contribution in [0.15, 0.2) is 83.5 Å². The molecule has 3 aromatic rings. The van der Waals surface area contributed by atoms with Crippen molar-refractivity contribution in [2.45, 2.75) is 20.3 Å². The molecule has 0 aromatic heterocycles. The molecule has 0 aliphatic carbocycles. The van der Waals surface area contributed by atoms with Crippen LogP contribution in [-0.4, -0.2) is 30.9 Å². The van der Waals surface area contributed by atoms with E-state index >= 15 is 0 Å². The highest BCUT2D eigenvalue weighted by atomic mass is 35.5. The smallest absolute Gasteiger partial charge is 0.283 e. The number of halogens is 1. The minimum absolute atomic E-state index is 0.0152. The summed E-state index contributed by atoms with van der Waals surface area (Å²) in [7, 11) is 0. The second-order valence-corrected chi connectivity index (χ2v) is 8.42. The highest BCUT2D eigenvalue weighted by molar-refractivity contribution is 6.53. The summed E-state index contributed by atoms with van der Waals surface area (Å²) >= 11 is 6.23. The monoisotopic (exact) mass is 519 g/mol. The topological polar surface area (TPSA) is 97.0 Å². The van der Waals surface area contributed by atoms with Gasteiger partial charge in [0.1, 0.15) is 22.2 Å². The summed E-state index contributed by atoms with van der Waals surface area (Å²) < 4.78 is 11.0. The second-order valence-electron chi connectivity index (χ2n) is 8.04.